The Balaban J connectivity index is 1.30. The van der Waals surface area contributed by atoms with Crippen molar-refractivity contribution in [2.24, 2.45) is 5.92 Å². The van der Waals surface area contributed by atoms with Crippen molar-refractivity contribution < 1.29 is 9.90 Å². The Morgan fingerprint density at radius 2 is 2.03 bits per heavy atom. The molecule has 2 amide bonds. The third kappa shape index (κ3) is 5.29. The number of benzene rings is 2. The highest BCUT2D eigenvalue weighted by Gasteiger charge is 2.58. The lowest BCUT2D eigenvalue weighted by molar-refractivity contribution is 0.142. The largest absolute Gasteiger partial charge is 0.392 e. The smallest absolute Gasteiger partial charge is 0.322 e. The van der Waals surface area contributed by atoms with E-state index in [0.717, 1.165) is 45.2 Å². The number of likely N-dealkylation sites (tertiary alicyclic amines) is 1. The molecule has 1 unspecified atom stereocenters. The monoisotopic (exact) mass is 512 g/mol. The van der Waals surface area contributed by atoms with E-state index in [4.69, 9.17) is 23.2 Å². The molecule has 2 saturated carbocycles. The van der Waals surface area contributed by atoms with Crippen LogP contribution in [0.5, 0.6) is 0 Å². The molecule has 3 aliphatic rings. The first-order valence-corrected chi connectivity index (χ1v) is 13.1. The van der Waals surface area contributed by atoms with Crippen LogP contribution in [-0.4, -0.2) is 59.3 Å². The summed E-state index contributed by atoms with van der Waals surface area (Å²) in [5.74, 6) is 0.514. The van der Waals surface area contributed by atoms with E-state index < -0.39 is 0 Å². The molecule has 5 rings (SSSR count). The summed E-state index contributed by atoms with van der Waals surface area (Å²) in [6.45, 7) is 2.84. The van der Waals surface area contributed by atoms with E-state index in [2.05, 4.69) is 22.4 Å². The summed E-state index contributed by atoms with van der Waals surface area (Å²) in [5, 5.41) is 23.2. The quantitative estimate of drug-likeness (QED) is 0.551. The number of nitriles is 1. The molecule has 1 aliphatic heterocycles. The molecule has 6 nitrogen and oxygen atoms in total. The molecule has 4 atom stereocenters. The fourth-order valence-electron chi connectivity index (χ4n) is 6.08. The highest BCUT2D eigenvalue weighted by atomic mass is 35.5. The summed E-state index contributed by atoms with van der Waals surface area (Å²) in [6.07, 6.45) is 4.48. The molecule has 1 heterocycles. The zero-order valence-corrected chi connectivity index (χ0v) is 21.1. The maximum atomic E-state index is 13.5. The molecule has 2 aliphatic carbocycles. The minimum Gasteiger partial charge on any atom is -0.392 e. The Morgan fingerprint density at radius 3 is 2.71 bits per heavy atom. The molecule has 2 N–H and O–H groups in total. The SMILES string of the molecule is N#Cc1cccc([C@@]23CC[C@@H](N(CCN4CC[C@H](O)C4)C(=O)Nc4cc(Cl)cc(Cl)c4)CC2C3)c1. The average molecular weight is 513 g/mol. The lowest BCUT2D eigenvalue weighted by Crippen LogP contribution is -2.48. The molecular weight excluding hydrogens is 483 g/mol. The number of hydrogen-bond donors (Lipinski definition) is 2. The summed E-state index contributed by atoms with van der Waals surface area (Å²) in [6, 6.07) is 15.3. The van der Waals surface area contributed by atoms with Crippen molar-refractivity contribution in [1.29, 1.82) is 5.26 Å². The number of nitrogens with zero attached hydrogens (tertiary/aromatic N) is 3. The molecule has 3 fully saturated rings. The summed E-state index contributed by atoms with van der Waals surface area (Å²) in [4.78, 5) is 17.7. The van der Waals surface area contributed by atoms with E-state index in [9.17, 15) is 15.2 Å². The van der Waals surface area contributed by atoms with Crippen LogP contribution in [0.25, 0.3) is 0 Å². The Kier molecular flexibility index (Phi) is 6.96. The topological polar surface area (TPSA) is 79.6 Å². The zero-order chi connectivity index (χ0) is 24.6. The van der Waals surface area contributed by atoms with Gasteiger partial charge in [0.05, 0.1) is 17.7 Å². The van der Waals surface area contributed by atoms with Gasteiger partial charge in [-0.05, 0) is 79.3 Å². The van der Waals surface area contributed by atoms with Gasteiger partial charge in [-0.1, -0.05) is 35.3 Å². The number of β-amino-alcohol motifs (C(OH)–C–C–N with tert-alkyl or cyclic N) is 1. The second-order valence-electron chi connectivity index (χ2n) is 10.2. The minimum absolute atomic E-state index is 0.136. The first-order chi connectivity index (χ1) is 16.9. The third-order valence-corrected chi connectivity index (χ3v) is 8.44. The van der Waals surface area contributed by atoms with Gasteiger partial charge < -0.3 is 15.3 Å². The van der Waals surface area contributed by atoms with Crippen molar-refractivity contribution in [1.82, 2.24) is 9.80 Å². The van der Waals surface area contributed by atoms with E-state index in [1.54, 1.807) is 18.2 Å². The second kappa shape index (κ2) is 9.99. The minimum atomic E-state index is -0.281. The van der Waals surface area contributed by atoms with Crippen LogP contribution in [0.3, 0.4) is 0 Å². The Labute approximate surface area is 216 Å². The molecule has 0 aromatic heterocycles. The number of urea groups is 1. The van der Waals surface area contributed by atoms with Gasteiger partial charge in [-0.15, -0.1) is 0 Å². The van der Waals surface area contributed by atoms with Crippen molar-refractivity contribution >= 4 is 34.9 Å². The summed E-state index contributed by atoms with van der Waals surface area (Å²) in [7, 11) is 0. The van der Waals surface area contributed by atoms with Crippen molar-refractivity contribution in [3.63, 3.8) is 0 Å². The van der Waals surface area contributed by atoms with Gasteiger partial charge >= 0.3 is 6.03 Å². The van der Waals surface area contributed by atoms with E-state index in [-0.39, 0.29) is 23.6 Å². The maximum Gasteiger partial charge on any atom is 0.322 e. The van der Waals surface area contributed by atoms with Gasteiger partial charge in [0.15, 0.2) is 0 Å². The van der Waals surface area contributed by atoms with Crippen molar-refractivity contribution in [2.75, 3.05) is 31.5 Å². The molecule has 35 heavy (non-hydrogen) atoms. The number of carbonyl (C=O) groups excluding carboxylic acids is 1. The number of anilines is 1. The Hall–Kier alpha value is -2.30. The molecule has 184 valence electrons. The fourth-order valence-corrected chi connectivity index (χ4v) is 6.61. The van der Waals surface area contributed by atoms with Crippen LogP contribution in [0.1, 0.15) is 43.2 Å². The summed E-state index contributed by atoms with van der Waals surface area (Å²) >= 11 is 12.3. The standard InChI is InChI=1S/C27H30Cl2N4O2/c28-21-12-22(29)14-23(13-21)31-26(35)33(9-8-32-7-5-25(34)17-32)24-4-6-27(15-20(27)11-24)19-3-1-2-18(10-19)16-30/h1-3,10,12-14,20,24-25,34H,4-9,11,15,17H2,(H,31,35)/t20?,24-,25+,27+/m1/s1. The molecule has 8 heteroatoms. The second-order valence-corrected chi connectivity index (χ2v) is 11.1. The molecular formula is C27H30Cl2N4O2. The van der Waals surface area contributed by atoms with Gasteiger partial charge in [0.25, 0.3) is 0 Å². The van der Waals surface area contributed by atoms with Crippen LogP contribution < -0.4 is 5.32 Å². The lowest BCUT2D eigenvalue weighted by atomic mass is 9.80. The number of aliphatic hydroxyl groups is 1. The molecule has 1 saturated heterocycles. The number of carbonyl (C=O) groups is 1. The van der Waals surface area contributed by atoms with E-state index >= 15 is 0 Å². The molecule has 2 aromatic rings. The van der Waals surface area contributed by atoms with E-state index in [1.807, 2.05) is 23.1 Å². The predicted molar refractivity (Wildman–Crippen MR) is 138 cm³/mol. The van der Waals surface area contributed by atoms with Gasteiger partial charge in [0.1, 0.15) is 0 Å². The van der Waals surface area contributed by atoms with Crippen LogP contribution in [0.15, 0.2) is 42.5 Å². The Morgan fingerprint density at radius 1 is 1.23 bits per heavy atom. The van der Waals surface area contributed by atoms with Gasteiger partial charge in [0.2, 0.25) is 0 Å². The van der Waals surface area contributed by atoms with Gasteiger partial charge in [-0.25, -0.2) is 4.79 Å². The number of aliphatic hydroxyl groups excluding tert-OH is 1. The van der Waals surface area contributed by atoms with E-state index in [0.29, 0.717) is 40.3 Å². The zero-order valence-electron chi connectivity index (χ0n) is 19.6. The van der Waals surface area contributed by atoms with Crippen molar-refractivity contribution in [3.8, 4) is 6.07 Å². The van der Waals surface area contributed by atoms with Crippen LogP contribution in [0.2, 0.25) is 10.0 Å². The van der Waals surface area contributed by atoms with Crippen molar-refractivity contribution in [2.45, 2.75) is 49.7 Å². The number of rotatable bonds is 6. The number of nitrogens with one attached hydrogen (secondary N) is 1. The Bertz CT molecular complexity index is 1130. The summed E-state index contributed by atoms with van der Waals surface area (Å²) < 4.78 is 0. The predicted octanol–water partition coefficient (Wildman–Crippen LogP) is 5.28. The molecule has 0 bridgehead atoms. The number of amides is 2. The summed E-state index contributed by atoms with van der Waals surface area (Å²) in [5.41, 5.74) is 2.69. The van der Waals surface area contributed by atoms with Crippen LogP contribution in [-0.2, 0) is 5.41 Å². The molecule has 0 spiro atoms. The van der Waals surface area contributed by atoms with Crippen LogP contribution in [0, 0.1) is 17.2 Å². The highest BCUT2D eigenvalue weighted by Crippen LogP contribution is 2.62. The first kappa shape index (κ1) is 24.4. The number of fused-ring (bicyclic) bond motifs is 1. The number of hydrogen-bond acceptors (Lipinski definition) is 4. The van der Waals surface area contributed by atoms with Crippen molar-refractivity contribution in [3.05, 3.63) is 63.6 Å². The number of halogens is 2. The third-order valence-electron chi connectivity index (χ3n) is 8.00. The van der Waals surface area contributed by atoms with Gasteiger partial charge in [-0.2, -0.15) is 5.26 Å². The molecule has 0 radical (unpaired) electrons. The van der Waals surface area contributed by atoms with Gasteiger partial charge in [-0.3, -0.25) is 4.90 Å². The normalized spacial score (nSPS) is 27.7. The maximum absolute atomic E-state index is 13.5. The molecule has 2 aromatic carbocycles. The van der Waals surface area contributed by atoms with Gasteiger partial charge in [0, 0.05) is 48.0 Å². The van der Waals surface area contributed by atoms with Crippen LogP contribution >= 0.6 is 23.2 Å². The highest BCUT2D eigenvalue weighted by molar-refractivity contribution is 6.35. The first-order valence-electron chi connectivity index (χ1n) is 12.3. The average Bonchev–Trinajstić information content (AvgIpc) is 3.43. The lowest BCUT2D eigenvalue weighted by Gasteiger charge is -2.37. The van der Waals surface area contributed by atoms with E-state index in [1.165, 1.54) is 5.56 Å². The fraction of sp³-hybridized carbons (Fsp3) is 0.481. The van der Waals surface area contributed by atoms with Crippen LogP contribution in [0.4, 0.5) is 10.5 Å².